The first-order valence-corrected chi connectivity index (χ1v) is 4.20. The molecule has 66 valence electrons. The van der Waals surface area contributed by atoms with Crippen LogP contribution in [0.25, 0.3) is 0 Å². The molecule has 0 amide bonds. The highest BCUT2D eigenvalue weighted by Gasteiger charge is 2.38. The van der Waals surface area contributed by atoms with Gasteiger partial charge in [0.05, 0.1) is 5.56 Å². The van der Waals surface area contributed by atoms with Crippen molar-refractivity contribution in [2.45, 2.75) is 18.4 Å². The molecular weight excluding hydrogens is 167 g/mol. The van der Waals surface area contributed by atoms with Crippen molar-refractivity contribution in [1.82, 2.24) is 0 Å². The second-order valence-electron chi connectivity index (χ2n) is 3.26. The van der Waals surface area contributed by atoms with Crippen LogP contribution < -0.4 is 0 Å². The molecule has 0 radical (unpaired) electrons. The third-order valence-electron chi connectivity index (χ3n) is 2.03. The third kappa shape index (κ3) is 1.88. The molecule has 1 nitrogen and oxygen atoms in total. The molecule has 0 heterocycles. The van der Waals surface area contributed by atoms with E-state index >= 15 is 0 Å². The lowest BCUT2D eigenvalue weighted by atomic mass is 10.2. The van der Waals surface area contributed by atoms with Crippen molar-refractivity contribution in [2.75, 3.05) is 0 Å². The van der Waals surface area contributed by atoms with E-state index in [-0.39, 0.29) is 5.82 Å². The molecule has 0 bridgehead atoms. The Kier molecular flexibility index (Phi) is 1.82. The second-order valence-corrected chi connectivity index (χ2v) is 3.26. The molecule has 2 heteroatoms. The van der Waals surface area contributed by atoms with Gasteiger partial charge in [-0.3, -0.25) is 0 Å². The number of hydrogen-bond donors (Lipinski definition) is 1. The van der Waals surface area contributed by atoms with Crippen LogP contribution in [0.5, 0.6) is 0 Å². The summed E-state index contributed by atoms with van der Waals surface area (Å²) in [4.78, 5) is 0. The van der Waals surface area contributed by atoms with Gasteiger partial charge in [0.1, 0.15) is 11.4 Å². The Morgan fingerprint density at radius 2 is 2.00 bits per heavy atom. The molecule has 1 aromatic carbocycles. The maximum Gasteiger partial charge on any atom is 0.138 e. The summed E-state index contributed by atoms with van der Waals surface area (Å²) in [5, 5.41) is 9.38. The summed E-state index contributed by atoms with van der Waals surface area (Å²) >= 11 is 0. The van der Waals surface area contributed by atoms with E-state index in [2.05, 4.69) is 11.8 Å². The summed E-state index contributed by atoms with van der Waals surface area (Å²) in [6.07, 6.45) is 1.41. The van der Waals surface area contributed by atoms with E-state index in [0.717, 1.165) is 0 Å². The van der Waals surface area contributed by atoms with Crippen molar-refractivity contribution in [3.05, 3.63) is 35.6 Å². The first kappa shape index (κ1) is 8.28. The van der Waals surface area contributed by atoms with Crippen LogP contribution in [0.1, 0.15) is 18.4 Å². The zero-order valence-corrected chi connectivity index (χ0v) is 7.05. The molecule has 0 spiro atoms. The van der Waals surface area contributed by atoms with Crippen LogP contribution >= 0.6 is 0 Å². The average molecular weight is 176 g/mol. The minimum absolute atomic E-state index is 0.334. The minimum atomic E-state index is -0.831. The third-order valence-corrected chi connectivity index (χ3v) is 2.03. The van der Waals surface area contributed by atoms with Gasteiger partial charge in [-0.25, -0.2) is 4.39 Å². The number of rotatable bonds is 0. The highest BCUT2D eigenvalue weighted by Crippen LogP contribution is 2.33. The fourth-order valence-electron chi connectivity index (χ4n) is 0.990. The molecule has 1 fully saturated rings. The van der Waals surface area contributed by atoms with Crippen LogP contribution in [0, 0.1) is 17.7 Å². The van der Waals surface area contributed by atoms with Gasteiger partial charge in [0.15, 0.2) is 0 Å². The van der Waals surface area contributed by atoms with Gasteiger partial charge in [0.25, 0.3) is 0 Å². The van der Waals surface area contributed by atoms with Crippen LogP contribution in [-0.4, -0.2) is 10.7 Å². The fraction of sp³-hybridized carbons (Fsp3) is 0.273. The Morgan fingerprint density at radius 3 is 2.62 bits per heavy atom. The zero-order valence-electron chi connectivity index (χ0n) is 7.05. The lowest BCUT2D eigenvalue weighted by Gasteiger charge is -1.94. The Labute approximate surface area is 76.2 Å². The van der Waals surface area contributed by atoms with E-state index in [1.807, 2.05) is 0 Å². The smallest absolute Gasteiger partial charge is 0.138 e. The Hall–Kier alpha value is -1.33. The van der Waals surface area contributed by atoms with E-state index < -0.39 is 5.60 Å². The number of aliphatic hydroxyl groups is 1. The zero-order chi connectivity index (χ0) is 9.31. The molecule has 0 aliphatic heterocycles. The molecule has 0 atom stereocenters. The summed E-state index contributed by atoms with van der Waals surface area (Å²) in [5.41, 5.74) is -0.481. The molecule has 1 saturated carbocycles. The van der Waals surface area contributed by atoms with E-state index in [9.17, 15) is 9.50 Å². The largest absolute Gasteiger partial charge is 0.378 e. The Morgan fingerprint density at radius 1 is 1.31 bits per heavy atom. The van der Waals surface area contributed by atoms with Crippen molar-refractivity contribution in [1.29, 1.82) is 0 Å². The first-order chi connectivity index (χ1) is 6.20. The van der Waals surface area contributed by atoms with Gasteiger partial charge in [-0.05, 0) is 25.0 Å². The molecule has 13 heavy (non-hydrogen) atoms. The van der Waals surface area contributed by atoms with Gasteiger partial charge in [-0.2, -0.15) is 0 Å². The summed E-state index contributed by atoms with van der Waals surface area (Å²) in [5.74, 6) is 4.96. The predicted octanol–water partition coefficient (Wildman–Crippen LogP) is 1.70. The summed E-state index contributed by atoms with van der Waals surface area (Å²) in [7, 11) is 0. The van der Waals surface area contributed by atoms with Crippen molar-refractivity contribution in [3.8, 4) is 11.8 Å². The lowest BCUT2D eigenvalue weighted by Crippen LogP contribution is -2.00. The van der Waals surface area contributed by atoms with Crippen LogP contribution in [0.3, 0.4) is 0 Å². The first-order valence-electron chi connectivity index (χ1n) is 4.20. The standard InChI is InChI=1S/C11H9FO/c12-10-4-2-1-3-9(10)5-6-11(13)7-8-11/h1-4,13H,7-8H2. The number of benzene rings is 1. The van der Waals surface area contributed by atoms with Crippen molar-refractivity contribution < 1.29 is 9.50 Å². The number of halogens is 1. The minimum Gasteiger partial charge on any atom is -0.378 e. The summed E-state index contributed by atoms with van der Waals surface area (Å²) < 4.78 is 13.0. The van der Waals surface area contributed by atoms with Gasteiger partial charge >= 0.3 is 0 Å². The second kappa shape index (κ2) is 2.86. The summed E-state index contributed by atoms with van der Waals surface area (Å²) in [6.45, 7) is 0. The topological polar surface area (TPSA) is 20.2 Å². The van der Waals surface area contributed by atoms with E-state index in [1.54, 1.807) is 18.2 Å². The van der Waals surface area contributed by atoms with E-state index in [4.69, 9.17) is 0 Å². The van der Waals surface area contributed by atoms with Crippen molar-refractivity contribution >= 4 is 0 Å². The molecule has 0 saturated heterocycles. The molecule has 1 aliphatic carbocycles. The highest BCUT2D eigenvalue weighted by molar-refractivity contribution is 5.38. The van der Waals surface area contributed by atoms with E-state index in [1.165, 1.54) is 6.07 Å². The molecule has 1 aliphatic rings. The fourth-order valence-corrected chi connectivity index (χ4v) is 0.990. The molecule has 2 rings (SSSR count). The normalized spacial score (nSPS) is 17.4. The monoisotopic (exact) mass is 176 g/mol. The van der Waals surface area contributed by atoms with Gasteiger partial charge < -0.3 is 5.11 Å². The SMILES string of the molecule is OC1(C#Cc2ccccc2F)CC1. The molecule has 0 aromatic heterocycles. The lowest BCUT2D eigenvalue weighted by molar-refractivity contribution is 0.212. The average Bonchev–Trinajstić information content (AvgIpc) is 2.83. The quantitative estimate of drug-likeness (QED) is 0.596. The number of hydrogen-bond acceptors (Lipinski definition) is 1. The maximum atomic E-state index is 13.0. The maximum absolute atomic E-state index is 13.0. The Balaban J connectivity index is 2.25. The van der Waals surface area contributed by atoms with Crippen LogP contribution in [0.4, 0.5) is 4.39 Å². The molecule has 1 N–H and O–H groups in total. The van der Waals surface area contributed by atoms with Gasteiger partial charge in [0, 0.05) is 0 Å². The Bertz CT molecular complexity index is 383. The molecular formula is C11H9FO. The van der Waals surface area contributed by atoms with Gasteiger partial charge in [0.2, 0.25) is 0 Å². The predicted molar refractivity (Wildman–Crippen MR) is 47.5 cm³/mol. The van der Waals surface area contributed by atoms with Crippen molar-refractivity contribution in [2.24, 2.45) is 0 Å². The van der Waals surface area contributed by atoms with Gasteiger partial charge in [-0.15, -0.1) is 0 Å². The molecule has 1 aromatic rings. The van der Waals surface area contributed by atoms with Crippen LogP contribution in [0.2, 0.25) is 0 Å². The van der Waals surface area contributed by atoms with Crippen molar-refractivity contribution in [3.63, 3.8) is 0 Å². The van der Waals surface area contributed by atoms with Crippen LogP contribution in [-0.2, 0) is 0 Å². The highest BCUT2D eigenvalue weighted by atomic mass is 19.1. The van der Waals surface area contributed by atoms with Crippen LogP contribution in [0.15, 0.2) is 24.3 Å². The van der Waals surface area contributed by atoms with E-state index in [0.29, 0.717) is 18.4 Å². The summed E-state index contributed by atoms with van der Waals surface area (Å²) in [6, 6.07) is 6.31. The van der Waals surface area contributed by atoms with Gasteiger partial charge in [-0.1, -0.05) is 24.0 Å². The molecule has 0 unspecified atom stereocenters.